The molecule has 0 aliphatic carbocycles. The number of para-hydroxylation sites is 1. The standard InChI is InChI=1S/C14H13N3O/c1-10(18)16-8-3-4-11-7-9-17-14-12(11)5-2-6-13(14)15/h2,5-7,9H,8,15H2,1H3,(H,16,18). The fourth-order valence-corrected chi connectivity index (χ4v) is 1.62. The number of aromatic nitrogens is 1. The molecule has 18 heavy (non-hydrogen) atoms. The third-order valence-electron chi connectivity index (χ3n) is 2.45. The third kappa shape index (κ3) is 2.58. The lowest BCUT2D eigenvalue weighted by atomic mass is 10.1. The van der Waals surface area contributed by atoms with Gasteiger partial charge in [0.15, 0.2) is 0 Å². The molecular formula is C14H13N3O. The van der Waals surface area contributed by atoms with Gasteiger partial charge in [0.1, 0.15) is 0 Å². The van der Waals surface area contributed by atoms with Crippen molar-refractivity contribution in [2.45, 2.75) is 6.92 Å². The highest BCUT2D eigenvalue weighted by molar-refractivity contribution is 5.93. The molecule has 0 unspecified atom stereocenters. The van der Waals surface area contributed by atoms with Crippen LogP contribution in [0.4, 0.5) is 5.69 Å². The van der Waals surface area contributed by atoms with E-state index in [1.54, 1.807) is 6.20 Å². The molecule has 1 heterocycles. The first-order valence-corrected chi connectivity index (χ1v) is 5.55. The molecule has 0 bridgehead atoms. The fourth-order valence-electron chi connectivity index (χ4n) is 1.62. The van der Waals surface area contributed by atoms with Crippen LogP contribution in [0.15, 0.2) is 30.5 Å². The summed E-state index contributed by atoms with van der Waals surface area (Å²) < 4.78 is 0. The molecule has 0 radical (unpaired) electrons. The summed E-state index contributed by atoms with van der Waals surface area (Å²) in [5.74, 6) is 5.81. The van der Waals surface area contributed by atoms with Crippen molar-refractivity contribution in [1.82, 2.24) is 10.3 Å². The van der Waals surface area contributed by atoms with Gasteiger partial charge in [0.25, 0.3) is 0 Å². The lowest BCUT2D eigenvalue weighted by Gasteiger charge is -2.02. The van der Waals surface area contributed by atoms with Crippen LogP contribution in [0, 0.1) is 11.8 Å². The maximum absolute atomic E-state index is 10.7. The van der Waals surface area contributed by atoms with E-state index >= 15 is 0 Å². The summed E-state index contributed by atoms with van der Waals surface area (Å²) in [6, 6.07) is 7.45. The number of fused-ring (bicyclic) bond motifs is 1. The summed E-state index contributed by atoms with van der Waals surface area (Å²) in [5, 5.41) is 3.55. The highest BCUT2D eigenvalue weighted by Gasteiger charge is 2.01. The second kappa shape index (κ2) is 5.19. The second-order valence-electron chi connectivity index (χ2n) is 3.81. The predicted molar refractivity (Wildman–Crippen MR) is 71.7 cm³/mol. The van der Waals surface area contributed by atoms with Crippen molar-refractivity contribution < 1.29 is 4.79 Å². The molecule has 2 rings (SSSR count). The van der Waals surface area contributed by atoms with Crippen molar-refractivity contribution >= 4 is 22.5 Å². The largest absolute Gasteiger partial charge is 0.397 e. The zero-order valence-electron chi connectivity index (χ0n) is 10.0. The molecule has 3 N–H and O–H groups in total. The van der Waals surface area contributed by atoms with Gasteiger partial charge in [-0.3, -0.25) is 9.78 Å². The Labute approximate surface area is 105 Å². The summed E-state index contributed by atoms with van der Waals surface area (Å²) in [5.41, 5.74) is 8.10. The van der Waals surface area contributed by atoms with Crippen LogP contribution in [0.25, 0.3) is 10.9 Å². The molecule has 0 fully saturated rings. The Morgan fingerprint density at radius 1 is 1.44 bits per heavy atom. The maximum Gasteiger partial charge on any atom is 0.217 e. The average Bonchev–Trinajstić information content (AvgIpc) is 2.35. The number of rotatable bonds is 1. The Balaban J connectivity index is 2.34. The minimum atomic E-state index is -0.0897. The second-order valence-corrected chi connectivity index (χ2v) is 3.81. The topological polar surface area (TPSA) is 68.0 Å². The molecular weight excluding hydrogens is 226 g/mol. The maximum atomic E-state index is 10.7. The first-order valence-electron chi connectivity index (χ1n) is 5.55. The fraction of sp³-hybridized carbons (Fsp3) is 0.143. The monoisotopic (exact) mass is 239 g/mol. The van der Waals surface area contributed by atoms with E-state index in [2.05, 4.69) is 22.1 Å². The number of anilines is 1. The van der Waals surface area contributed by atoms with E-state index in [1.165, 1.54) is 6.92 Å². The van der Waals surface area contributed by atoms with Crippen LogP contribution < -0.4 is 11.1 Å². The zero-order chi connectivity index (χ0) is 13.0. The molecule has 4 nitrogen and oxygen atoms in total. The summed E-state index contributed by atoms with van der Waals surface area (Å²) in [4.78, 5) is 14.9. The number of nitrogens with one attached hydrogen (secondary N) is 1. The van der Waals surface area contributed by atoms with Gasteiger partial charge in [0.05, 0.1) is 17.7 Å². The van der Waals surface area contributed by atoms with Crippen LogP contribution in [0.3, 0.4) is 0 Å². The first-order chi connectivity index (χ1) is 8.68. The molecule has 1 aromatic carbocycles. The van der Waals surface area contributed by atoms with Crippen LogP contribution in [-0.2, 0) is 4.79 Å². The van der Waals surface area contributed by atoms with E-state index in [9.17, 15) is 4.79 Å². The average molecular weight is 239 g/mol. The van der Waals surface area contributed by atoms with Crippen molar-refractivity contribution in [3.8, 4) is 11.8 Å². The van der Waals surface area contributed by atoms with Crippen molar-refractivity contribution in [2.24, 2.45) is 0 Å². The molecule has 0 saturated carbocycles. The zero-order valence-corrected chi connectivity index (χ0v) is 10.0. The van der Waals surface area contributed by atoms with Gasteiger partial charge in [0, 0.05) is 24.1 Å². The number of amides is 1. The third-order valence-corrected chi connectivity index (χ3v) is 2.45. The van der Waals surface area contributed by atoms with Gasteiger partial charge in [0.2, 0.25) is 5.91 Å². The Morgan fingerprint density at radius 2 is 2.28 bits per heavy atom. The number of hydrogen-bond acceptors (Lipinski definition) is 3. The summed E-state index contributed by atoms with van der Waals surface area (Å²) in [6.07, 6.45) is 1.68. The Hall–Kier alpha value is -2.54. The Bertz CT molecular complexity index is 653. The molecule has 1 aromatic heterocycles. The minimum absolute atomic E-state index is 0.0897. The van der Waals surface area contributed by atoms with Gasteiger partial charge < -0.3 is 11.1 Å². The molecule has 0 atom stereocenters. The van der Waals surface area contributed by atoms with Gasteiger partial charge in [-0.05, 0) is 12.1 Å². The van der Waals surface area contributed by atoms with Crippen LogP contribution in [0.1, 0.15) is 12.5 Å². The molecule has 1 amide bonds. The van der Waals surface area contributed by atoms with E-state index in [0.717, 1.165) is 16.5 Å². The number of benzene rings is 1. The lowest BCUT2D eigenvalue weighted by molar-refractivity contribution is -0.118. The van der Waals surface area contributed by atoms with Crippen LogP contribution in [0.5, 0.6) is 0 Å². The SMILES string of the molecule is CC(=O)NCC#Cc1ccnc2c(N)cccc12. The Kier molecular flexibility index (Phi) is 3.44. The number of carbonyl (C=O) groups excluding carboxylic acids is 1. The van der Waals surface area contributed by atoms with Gasteiger partial charge in [-0.1, -0.05) is 24.0 Å². The van der Waals surface area contributed by atoms with Crippen LogP contribution in [0.2, 0.25) is 0 Å². The normalized spacial score (nSPS) is 9.61. The van der Waals surface area contributed by atoms with E-state index < -0.39 is 0 Å². The predicted octanol–water partition coefficient (Wildman–Crippen LogP) is 1.30. The molecule has 0 aliphatic rings. The van der Waals surface area contributed by atoms with Gasteiger partial charge in [-0.15, -0.1) is 0 Å². The van der Waals surface area contributed by atoms with Crippen molar-refractivity contribution in [3.63, 3.8) is 0 Å². The van der Waals surface area contributed by atoms with E-state index in [0.29, 0.717) is 12.2 Å². The molecule has 2 aromatic rings. The summed E-state index contributed by atoms with van der Waals surface area (Å²) >= 11 is 0. The molecule has 90 valence electrons. The molecule has 0 aliphatic heterocycles. The number of carbonyl (C=O) groups is 1. The molecule has 4 heteroatoms. The first kappa shape index (κ1) is 11.9. The van der Waals surface area contributed by atoms with Crippen molar-refractivity contribution in [2.75, 3.05) is 12.3 Å². The smallest absolute Gasteiger partial charge is 0.217 e. The van der Waals surface area contributed by atoms with Crippen LogP contribution in [-0.4, -0.2) is 17.4 Å². The van der Waals surface area contributed by atoms with Gasteiger partial charge in [-0.2, -0.15) is 0 Å². The van der Waals surface area contributed by atoms with Gasteiger partial charge in [-0.25, -0.2) is 0 Å². The number of pyridine rings is 1. The summed E-state index contributed by atoms with van der Waals surface area (Å²) in [6.45, 7) is 1.80. The number of nitrogens with zero attached hydrogens (tertiary/aromatic N) is 1. The van der Waals surface area contributed by atoms with Crippen molar-refractivity contribution in [1.29, 1.82) is 0 Å². The summed E-state index contributed by atoms with van der Waals surface area (Å²) in [7, 11) is 0. The number of nitrogen functional groups attached to an aromatic ring is 1. The van der Waals surface area contributed by atoms with E-state index in [1.807, 2.05) is 24.3 Å². The quantitative estimate of drug-likeness (QED) is 0.582. The lowest BCUT2D eigenvalue weighted by Crippen LogP contribution is -2.19. The highest BCUT2D eigenvalue weighted by Crippen LogP contribution is 2.20. The highest BCUT2D eigenvalue weighted by atomic mass is 16.1. The van der Waals surface area contributed by atoms with Gasteiger partial charge >= 0.3 is 0 Å². The Morgan fingerprint density at radius 3 is 3.06 bits per heavy atom. The minimum Gasteiger partial charge on any atom is -0.397 e. The van der Waals surface area contributed by atoms with Crippen molar-refractivity contribution in [3.05, 3.63) is 36.0 Å². The van der Waals surface area contributed by atoms with E-state index in [-0.39, 0.29) is 5.91 Å². The molecule has 0 spiro atoms. The van der Waals surface area contributed by atoms with E-state index in [4.69, 9.17) is 5.73 Å². The number of hydrogen-bond donors (Lipinski definition) is 2. The molecule has 0 saturated heterocycles. The van der Waals surface area contributed by atoms with Crippen LogP contribution >= 0.6 is 0 Å². The number of nitrogens with two attached hydrogens (primary N) is 1.